The molecular weight excluding hydrogens is 677 g/mol. The van der Waals surface area contributed by atoms with E-state index in [1.165, 1.54) is 4.57 Å². The number of fused-ring (bicyclic) bond motifs is 6. The Morgan fingerprint density at radius 1 is 0.304 bits per heavy atom. The highest BCUT2D eigenvalue weighted by atomic mass is 15.0. The monoisotopic (exact) mass is 722 g/mol. The summed E-state index contributed by atoms with van der Waals surface area (Å²) >= 11 is 0. The largest absolute Gasteiger partial charge is 0.309 e. The highest BCUT2D eigenvalue weighted by molar-refractivity contribution is 6.15. The molecule has 0 aliphatic carbocycles. The first-order valence-electron chi connectivity index (χ1n) is 23.5. The van der Waals surface area contributed by atoms with Gasteiger partial charge in [-0.15, -0.1) is 0 Å². The van der Waals surface area contributed by atoms with E-state index in [1.807, 2.05) is 95.6 Å². The average molecular weight is 723 g/mol. The summed E-state index contributed by atoms with van der Waals surface area (Å²) in [7, 11) is 0. The number of rotatable bonds is 6. The first-order valence-corrected chi connectivity index (χ1v) is 18.5. The van der Waals surface area contributed by atoms with Crippen molar-refractivity contribution in [1.29, 1.82) is 0 Å². The molecule has 0 unspecified atom stereocenters. The minimum atomic E-state index is -0.518. The van der Waals surface area contributed by atoms with Gasteiger partial charge in [-0.25, -0.2) is 0 Å². The van der Waals surface area contributed by atoms with Crippen molar-refractivity contribution in [1.82, 2.24) is 9.13 Å². The van der Waals surface area contributed by atoms with Gasteiger partial charge in [-0.1, -0.05) is 164 Å². The van der Waals surface area contributed by atoms with Crippen LogP contribution in [0.2, 0.25) is 0 Å². The van der Waals surface area contributed by atoms with Crippen LogP contribution in [0.3, 0.4) is 0 Å². The fraction of sp³-hybridized carbons (Fsp3) is 0. The van der Waals surface area contributed by atoms with Crippen LogP contribution >= 0.6 is 0 Å². The fourth-order valence-corrected chi connectivity index (χ4v) is 7.86. The van der Waals surface area contributed by atoms with Crippen molar-refractivity contribution in [3.05, 3.63) is 218 Å². The number of hydrogen-bond donors (Lipinski definition) is 0. The smallest absolute Gasteiger partial charge is 0.0645 e. The number of para-hydroxylation sites is 3. The van der Waals surface area contributed by atoms with Gasteiger partial charge in [-0.05, 0) is 93.4 Å². The van der Waals surface area contributed by atoms with Crippen LogP contribution < -0.4 is 0 Å². The molecule has 0 saturated carbocycles. The van der Waals surface area contributed by atoms with Gasteiger partial charge in [0.25, 0.3) is 0 Å². The Balaban J connectivity index is 1.19. The average Bonchev–Trinajstić information content (AvgIpc) is 3.91. The Kier molecular flexibility index (Phi) is 5.49. The molecule has 2 aromatic heterocycles. The van der Waals surface area contributed by atoms with Crippen LogP contribution in [0, 0.1) is 0 Å². The third-order valence-corrected chi connectivity index (χ3v) is 10.5. The number of benzene rings is 9. The molecule has 11 rings (SSSR count). The second-order valence-electron chi connectivity index (χ2n) is 13.7. The van der Waals surface area contributed by atoms with Gasteiger partial charge in [0, 0.05) is 38.5 Å². The maximum absolute atomic E-state index is 10.0. The molecule has 0 aliphatic rings. The van der Waals surface area contributed by atoms with Crippen LogP contribution in [-0.2, 0) is 0 Å². The predicted molar refractivity (Wildman–Crippen MR) is 237 cm³/mol. The molecular formula is C54H36N2. The van der Waals surface area contributed by atoms with Gasteiger partial charge in [0.05, 0.1) is 35.8 Å². The van der Waals surface area contributed by atoms with Crippen molar-refractivity contribution in [2.45, 2.75) is 0 Å². The van der Waals surface area contributed by atoms with Crippen molar-refractivity contribution in [3.63, 3.8) is 0 Å². The first-order chi connectivity index (χ1) is 32.0. The van der Waals surface area contributed by atoms with Gasteiger partial charge in [0.2, 0.25) is 0 Å². The minimum Gasteiger partial charge on any atom is -0.309 e. The summed E-state index contributed by atoms with van der Waals surface area (Å²) < 4.78 is 97.0. The van der Waals surface area contributed by atoms with Crippen molar-refractivity contribution in [2.75, 3.05) is 0 Å². The van der Waals surface area contributed by atoms with E-state index in [2.05, 4.69) is 36.4 Å². The molecule has 262 valence electrons. The molecule has 11 aromatic rings. The number of nitrogens with zero attached hydrogens (tertiary/aromatic N) is 2. The quantitative estimate of drug-likeness (QED) is 0.162. The lowest BCUT2D eigenvalue weighted by atomic mass is 9.99. The molecule has 0 fully saturated rings. The molecule has 0 amide bonds. The zero-order chi connectivity index (χ0) is 45.7. The maximum atomic E-state index is 10.0. The predicted octanol–water partition coefficient (Wildman–Crippen LogP) is 14.5. The summed E-state index contributed by atoms with van der Waals surface area (Å²) in [6, 6.07) is 46.9. The Morgan fingerprint density at radius 3 is 1.43 bits per heavy atom. The van der Waals surface area contributed by atoms with Gasteiger partial charge in [-0.2, -0.15) is 0 Å². The first kappa shape index (κ1) is 23.4. The van der Waals surface area contributed by atoms with E-state index in [4.69, 9.17) is 5.48 Å². The topological polar surface area (TPSA) is 9.86 Å². The lowest BCUT2D eigenvalue weighted by Gasteiger charge is -2.13. The summed E-state index contributed by atoms with van der Waals surface area (Å²) in [4.78, 5) is 0. The SMILES string of the molecule is [2H]c1c([2H])c([2H])c2c(c1[2H])c1c([2H])c(-c3c([2H])c([2H])c4c(c3[2H])c3cccc(-c5ccccc5)c3n4-c3ccc(-c4ccc(-c5ccccc5)cc4)cc3)c([2H])c([2H])c1n2-c1ccccc1. The lowest BCUT2D eigenvalue weighted by Crippen LogP contribution is -1.95. The van der Waals surface area contributed by atoms with Gasteiger partial charge in [0.15, 0.2) is 0 Å². The number of aromatic nitrogens is 2. The van der Waals surface area contributed by atoms with Crippen LogP contribution in [0.25, 0.3) is 99.5 Å². The maximum Gasteiger partial charge on any atom is 0.0645 e. The van der Waals surface area contributed by atoms with Crippen molar-refractivity contribution < 1.29 is 13.7 Å². The minimum absolute atomic E-state index is 0.00846. The van der Waals surface area contributed by atoms with Crippen molar-refractivity contribution in [3.8, 4) is 55.9 Å². The van der Waals surface area contributed by atoms with E-state index in [9.17, 15) is 8.22 Å². The normalized spacial score (nSPS) is 14.1. The molecule has 2 heterocycles. The summed E-state index contributed by atoms with van der Waals surface area (Å²) in [6.45, 7) is 0. The van der Waals surface area contributed by atoms with Crippen LogP contribution in [0.1, 0.15) is 13.7 Å². The molecule has 0 atom stereocenters. The zero-order valence-electron chi connectivity index (χ0n) is 39.9. The number of hydrogen-bond acceptors (Lipinski definition) is 0. The highest BCUT2D eigenvalue weighted by Crippen LogP contribution is 2.41. The van der Waals surface area contributed by atoms with E-state index >= 15 is 0 Å². The molecule has 0 aliphatic heterocycles. The van der Waals surface area contributed by atoms with Crippen molar-refractivity contribution in [2.24, 2.45) is 0 Å². The van der Waals surface area contributed by atoms with Crippen molar-refractivity contribution >= 4 is 43.6 Å². The Labute approximate surface area is 339 Å². The third-order valence-electron chi connectivity index (χ3n) is 10.5. The molecule has 0 bridgehead atoms. The standard InChI is InChI=1S/C54H36N2/c1-4-13-37(14-5-1)38-23-25-39(26-24-38)40-27-31-45(32-28-40)56-53-34-30-43(36-50(53)48-21-12-20-46(54(48)56)41-15-6-2-7-16-41)42-29-33-52-49(35-42)47-19-10-11-22-51(47)55(52)44-17-8-3-9-18-44/h1-36H/i10D,11D,19D,22D,29D,30D,33D,34D,35D,36D. The van der Waals surface area contributed by atoms with Gasteiger partial charge >= 0.3 is 0 Å². The molecule has 2 heteroatoms. The molecule has 9 aromatic carbocycles. The summed E-state index contributed by atoms with van der Waals surface area (Å²) in [5.41, 5.74) is 7.78. The molecule has 56 heavy (non-hydrogen) atoms. The zero-order valence-corrected chi connectivity index (χ0v) is 29.9. The van der Waals surface area contributed by atoms with E-state index in [-0.39, 0.29) is 63.1 Å². The van der Waals surface area contributed by atoms with E-state index in [1.54, 1.807) is 30.3 Å². The summed E-state index contributed by atoms with van der Waals surface area (Å²) in [6.07, 6.45) is 0. The second kappa shape index (κ2) is 13.2. The molecule has 0 radical (unpaired) electrons. The molecule has 0 saturated heterocycles. The van der Waals surface area contributed by atoms with Crippen LogP contribution in [0.15, 0.2) is 218 Å². The van der Waals surface area contributed by atoms with E-state index in [0.717, 1.165) is 33.4 Å². The molecule has 0 N–H and O–H groups in total. The van der Waals surface area contributed by atoms with Gasteiger partial charge in [-0.3, -0.25) is 0 Å². The molecule has 2 nitrogen and oxygen atoms in total. The second-order valence-corrected chi connectivity index (χ2v) is 13.7. The Morgan fingerprint density at radius 2 is 0.786 bits per heavy atom. The van der Waals surface area contributed by atoms with E-state index in [0.29, 0.717) is 33.2 Å². The van der Waals surface area contributed by atoms with Crippen LogP contribution in [0.4, 0.5) is 0 Å². The Hall–Kier alpha value is -7.42. The lowest BCUT2D eigenvalue weighted by molar-refractivity contribution is 1.18. The molecule has 0 spiro atoms. The summed E-state index contributed by atoms with van der Waals surface area (Å²) in [5.74, 6) is 0. The van der Waals surface area contributed by atoms with Crippen LogP contribution in [0.5, 0.6) is 0 Å². The third kappa shape index (κ3) is 5.26. The fourth-order valence-electron chi connectivity index (χ4n) is 7.86. The van der Waals surface area contributed by atoms with Gasteiger partial charge < -0.3 is 9.13 Å². The Bertz CT molecular complexity index is 3770. The highest BCUT2D eigenvalue weighted by Gasteiger charge is 2.19. The van der Waals surface area contributed by atoms with E-state index < -0.39 is 30.2 Å². The van der Waals surface area contributed by atoms with Crippen LogP contribution in [-0.4, -0.2) is 9.13 Å². The summed E-state index contributed by atoms with van der Waals surface area (Å²) in [5, 5.41) is 0.931. The van der Waals surface area contributed by atoms with Gasteiger partial charge in [0.1, 0.15) is 0 Å².